The van der Waals surface area contributed by atoms with Gasteiger partial charge in [-0.05, 0) is 18.9 Å². The molecule has 1 amide bonds. The van der Waals surface area contributed by atoms with Crippen molar-refractivity contribution in [2.45, 2.75) is 39.3 Å². The van der Waals surface area contributed by atoms with Gasteiger partial charge >= 0.3 is 0 Å². The van der Waals surface area contributed by atoms with Crippen molar-refractivity contribution < 1.29 is 9.18 Å². The van der Waals surface area contributed by atoms with E-state index in [0.29, 0.717) is 18.2 Å². The summed E-state index contributed by atoms with van der Waals surface area (Å²) in [6.45, 7) is 6.02. The second-order valence-electron chi connectivity index (χ2n) is 5.73. The summed E-state index contributed by atoms with van der Waals surface area (Å²) in [7, 11) is 0. The number of hydrogen-bond acceptors (Lipinski definition) is 2. The molecule has 0 radical (unpaired) electrons. The van der Waals surface area contributed by atoms with E-state index in [4.69, 9.17) is 0 Å². The fourth-order valence-corrected chi connectivity index (χ4v) is 2.57. The summed E-state index contributed by atoms with van der Waals surface area (Å²) in [5.41, 5.74) is 0.702. The number of piperidine rings is 1. The molecule has 0 spiro atoms. The van der Waals surface area contributed by atoms with E-state index in [2.05, 4.69) is 5.32 Å². The zero-order valence-corrected chi connectivity index (χ0v) is 12.2. The zero-order chi connectivity index (χ0) is 14.5. The van der Waals surface area contributed by atoms with Crippen LogP contribution in [0.3, 0.4) is 0 Å². The second-order valence-corrected chi connectivity index (χ2v) is 5.73. The van der Waals surface area contributed by atoms with Gasteiger partial charge in [-0.3, -0.25) is 4.79 Å². The zero-order valence-electron chi connectivity index (χ0n) is 12.2. The van der Waals surface area contributed by atoms with Crippen molar-refractivity contribution >= 4 is 5.91 Å². The largest absolute Gasteiger partial charge is 0.342 e. The minimum atomic E-state index is -0.160. The van der Waals surface area contributed by atoms with E-state index in [9.17, 15) is 9.18 Å². The predicted molar refractivity (Wildman–Crippen MR) is 77.7 cm³/mol. The molecule has 0 bridgehead atoms. The molecule has 1 heterocycles. The van der Waals surface area contributed by atoms with Crippen LogP contribution in [-0.4, -0.2) is 29.9 Å². The lowest BCUT2D eigenvalue weighted by molar-refractivity contribution is -0.135. The van der Waals surface area contributed by atoms with Crippen LogP contribution >= 0.6 is 0 Å². The smallest absolute Gasteiger partial charge is 0.225 e. The van der Waals surface area contributed by atoms with Gasteiger partial charge in [-0.2, -0.15) is 0 Å². The Balaban J connectivity index is 1.78. The average molecular weight is 278 g/mol. The molecule has 20 heavy (non-hydrogen) atoms. The molecule has 4 heteroatoms. The monoisotopic (exact) mass is 278 g/mol. The third-order valence-electron chi connectivity index (χ3n) is 3.84. The van der Waals surface area contributed by atoms with E-state index in [1.165, 1.54) is 6.07 Å². The van der Waals surface area contributed by atoms with Crippen LogP contribution in [0.2, 0.25) is 0 Å². The highest BCUT2D eigenvalue weighted by Gasteiger charge is 2.23. The number of benzene rings is 1. The quantitative estimate of drug-likeness (QED) is 0.918. The summed E-state index contributed by atoms with van der Waals surface area (Å²) in [5.74, 6) is 0.142. The number of amides is 1. The third-order valence-corrected chi connectivity index (χ3v) is 3.84. The van der Waals surface area contributed by atoms with Crippen LogP contribution in [0.1, 0.15) is 32.3 Å². The number of likely N-dealkylation sites (tertiary alicyclic amines) is 1. The molecule has 1 aliphatic rings. The lowest BCUT2D eigenvalue weighted by Crippen LogP contribution is -2.46. The Morgan fingerprint density at radius 3 is 2.60 bits per heavy atom. The molecule has 0 unspecified atom stereocenters. The van der Waals surface area contributed by atoms with E-state index < -0.39 is 0 Å². The highest BCUT2D eigenvalue weighted by Crippen LogP contribution is 2.14. The summed E-state index contributed by atoms with van der Waals surface area (Å²) < 4.78 is 13.5. The maximum atomic E-state index is 13.5. The lowest BCUT2D eigenvalue weighted by atomic mass is 10.0. The molecule has 3 nitrogen and oxygen atoms in total. The first kappa shape index (κ1) is 15.0. The highest BCUT2D eigenvalue weighted by atomic mass is 19.1. The molecule has 0 atom stereocenters. The van der Waals surface area contributed by atoms with Gasteiger partial charge in [0.05, 0.1) is 0 Å². The van der Waals surface area contributed by atoms with Crippen LogP contribution in [0.15, 0.2) is 24.3 Å². The van der Waals surface area contributed by atoms with Gasteiger partial charge in [-0.25, -0.2) is 4.39 Å². The SMILES string of the molecule is CC(C)C(=O)N1CCC(NCc2ccccc2F)CC1. The maximum Gasteiger partial charge on any atom is 0.225 e. The van der Waals surface area contributed by atoms with Crippen LogP contribution in [-0.2, 0) is 11.3 Å². The Kier molecular flexibility index (Phi) is 5.12. The molecule has 0 aromatic heterocycles. The van der Waals surface area contributed by atoms with Crippen molar-refractivity contribution in [3.8, 4) is 0 Å². The fourth-order valence-electron chi connectivity index (χ4n) is 2.57. The molecule has 1 N–H and O–H groups in total. The molecular formula is C16H23FN2O. The average Bonchev–Trinajstić information content (AvgIpc) is 2.46. The van der Waals surface area contributed by atoms with Crippen LogP contribution in [0, 0.1) is 11.7 Å². The molecular weight excluding hydrogens is 255 g/mol. The first-order valence-electron chi connectivity index (χ1n) is 7.33. The molecule has 1 fully saturated rings. The van der Waals surface area contributed by atoms with Gasteiger partial charge in [0.15, 0.2) is 0 Å². The van der Waals surface area contributed by atoms with E-state index >= 15 is 0 Å². The number of rotatable bonds is 4. The van der Waals surface area contributed by atoms with Gasteiger partial charge in [0.25, 0.3) is 0 Å². The fraction of sp³-hybridized carbons (Fsp3) is 0.562. The summed E-state index contributed by atoms with van der Waals surface area (Å²) in [4.78, 5) is 13.8. The molecule has 2 rings (SSSR count). The van der Waals surface area contributed by atoms with Gasteiger partial charge in [0, 0.05) is 37.2 Å². The summed E-state index contributed by atoms with van der Waals surface area (Å²) in [5, 5.41) is 3.39. The Morgan fingerprint density at radius 1 is 1.35 bits per heavy atom. The van der Waals surface area contributed by atoms with Crippen molar-refractivity contribution in [2.75, 3.05) is 13.1 Å². The van der Waals surface area contributed by atoms with E-state index in [0.717, 1.165) is 25.9 Å². The molecule has 1 saturated heterocycles. The molecule has 1 aromatic carbocycles. The van der Waals surface area contributed by atoms with Gasteiger partial charge in [-0.15, -0.1) is 0 Å². The van der Waals surface area contributed by atoms with E-state index in [1.54, 1.807) is 12.1 Å². The standard InChI is InChI=1S/C16H23FN2O/c1-12(2)16(20)19-9-7-14(8-10-19)18-11-13-5-3-4-6-15(13)17/h3-6,12,14,18H,7-11H2,1-2H3. The molecule has 1 aromatic rings. The van der Waals surface area contributed by atoms with Crippen molar-refractivity contribution in [1.82, 2.24) is 10.2 Å². The Morgan fingerprint density at radius 2 is 2.00 bits per heavy atom. The van der Waals surface area contributed by atoms with Crippen molar-refractivity contribution in [1.29, 1.82) is 0 Å². The van der Waals surface area contributed by atoms with Crippen LogP contribution in [0.4, 0.5) is 4.39 Å². The maximum absolute atomic E-state index is 13.5. The Bertz CT molecular complexity index is 454. The number of nitrogens with one attached hydrogen (secondary N) is 1. The summed E-state index contributed by atoms with van der Waals surface area (Å²) in [6.07, 6.45) is 1.87. The van der Waals surface area contributed by atoms with Crippen molar-refractivity contribution in [3.63, 3.8) is 0 Å². The minimum Gasteiger partial charge on any atom is -0.342 e. The third kappa shape index (κ3) is 3.79. The minimum absolute atomic E-state index is 0.0675. The Labute approximate surface area is 120 Å². The molecule has 0 saturated carbocycles. The number of hydrogen-bond donors (Lipinski definition) is 1. The van der Waals surface area contributed by atoms with Gasteiger partial charge < -0.3 is 10.2 Å². The Hall–Kier alpha value is -1.42. The first-order chi connectivity index (χ1) is 9.58. The topological polar surface area (TPSA) is 32.3 Å². The molecule has 0 aliphatic carbocycles. The number of carbonyl (C=O) groups excluding carboxylic acids is 1. The lowest BCUT2D eigenvalue weighted by Gasteiger charge is -2.33. The van der Waals surface area contributed by atoms with Gasteiger partial charge in [0.1, 0.15) is 5.82 Å². The normalized spacial score (nSPS) is 16.7. The number of nitrogens with zero attached hydrogens (tertiary/aromatic N) is 1. The van der Waals surface area contributed by atoms with E-state index in [1.807, 2.05) is 24.8 Å². The van der Waals surface area contributed by atoms with E-state index in [-0.39, 0.29) is 17.6 Å². The first-order valence-corrected chi connectivity index (χ1v) is 7.33. The summed E-state index contributed by atoms with van der Waals surface area (Å²) >= 11 is 0. The van der Waals surface area contributed by atoms with Crippen LogP contribution in [0.5, 0.6) is 0 Å². The number of halogens is 1. The predicted octanol–water partition coefficient (Wildman–Crippen LogP) is 2.56. The highest BCUT2D eigenvalue weighted by molar-refractivity contribution is 5.78. The summed E-state index contributed by atoms with van der Waals surface area (Å²) in [6, 6.07) is 7.21. The van der Waals surface area contributed by atoms with Crippen LogP contribution in [0.25, 0.3) is 0 Å². The van der Waals surface area contributed by atoms with Crippen molar-refractivity contribution in [2.24, 2.45) is 5.92 Å². The van der Waals surface area contributed by atoms with Gasteiger partial charge in [0.2, 0.25) is 5.91 Å². The molecule has 1 aliphatic heterocycles. The van der Waals surface area contributed by atoms with Gasteiger partial charge in [-0.1, -0.05) is 32.0 Å². The van der Waals surface area contributed by atoms with Crippen LogP contribution < -0.4 is 5.32 Å². The number of carbonyl (C=O) groups is 1. The second kappa shape index (κ2) is 6.84. The van der Waals surface area contributed by atoms with Crippen molar-refractivity contribution in [3.05, 3.63) is 35.6 Å². The molecule has 110 valence electrons.